The summed E-state index contributed by atoms with van der Waals surface area (Å²) in [7, 11) is 1.08. The Hall–Kier alpha value is -2.85. The Morgan fingerprint density at radius 1 is 1.12 bits per heavy atom. The Morgan fingerprint density at radius 2 is 1.81 bits per heavy atom. The van der Waals surface area contributed by atoms with Crippen molar-refractivity contribution in [1.29, 1.82) is 0 Å². The van der Waals surface area contributed by atoms with Crippen molar-refractivity contribution < 1.29 is 14.3 Å². The molecular weight excluding hydrogens is 504 g/mol. The number of anilines is 1. The van der Waals surface area contributed by atoms with Gasteiger partial charge in [0.25, 0.3) is 11.5 Å². The highest BCUT2D eigenvalue weighted by molar-refractivity contribution is 6.49. The molecule has 1 amide bonds. The van der Waals surface area contributed by atoms with E-state index in [2.05, 4.69) is 20.4 Å². The number of nitrogens with one attached hydrogen (secondary N) is 2. The number of nitrogens with two attached hydrogens (primary N) is 1. The first-order chi connectivity index (χ1) is 15.2. The lowest BCUT2D eigenvalue weighted by molar-refractivity contribution is -0.141. The van der Waals surface area contributed by atoms with E-state index in [9.17, 15) is 14.4 Å². The molecule has 0 aliphatic carbocycles. The van der Waals surface area contributed by atoms with Crippen molar-refractivity contribution >= 4 is 80.7 Å². The normalized spacial score (nSPS) is 12.5. The molecule has 3 rings (SSSR count). The van der Waals surface area contributed by atoms with Gasteiger partial charge < -0.3 is 20.9 Å². The van der Waals surface area contributed by atoms with E-state index >= 15 is 0 Å². The van der Waals surface area contributed by atoms with E-state index in [1.807, 2.05) is 0 Å². The van der Waals surface area contributed by atoms with Gasteiger partial charge in [0.05, 0.1) is 38.9 Å². The van der Waals surface area contributed by atoms with Crippen LogP contribution < -0.4 is 16.7 Å². The number of benzene rings is 2. The molecule has 32 heavy (non-hydrogen) atoms. The summed E-state index contributed by atoms with van der Waals surface area (Å²) in [5.74, 6) is 1.84. The predicted octanol–water partition coefficient (Wildman–Crippen LogP) is 3.75. The third-order valence-electron chi connectivity index (χ3n) is 4.29. The molecule has 0 aliphatic heterocycles. The largest absolute Gasteiger partial charge is 0.468 e. The van der Waals surface area contributed by atoms with Crippen LogP contribution in [0.2, 0.25) is 20.1 Å². The van der Waals surface area contributed by atoms with Gasteiger partial charge in [-0.1, -0.05) is 46.4 Å². The van der Waals surface area contributed by atoms with Crippen molar-refractivity contribution in [2.45, 2.75) is 5.92 Å². The van der Waals surface area contributed by atoms with Crippen molar-refractivity contribution in [3.8, 4) is 0 Å². The Labute approximate surface area is 200 Å². The molecule has 0 radical (unpaired) electrons. The second kappa shape index (κ2) is 9.74. The number of nitrogens with zero attached hydrogens (tertiary/aromatic N) is 2. The average Bonchev–Trinajstić information content (AvgIpc) is 2.74. The van der Waals surface area contributed by atoms with Gasteiger partial charge >= 0.3 is 5.97 Å². The van der Waals surface area contributed by atoms with E-state index in [4.69, 9.17) is 57.0 Å². The minimum absolute atomic E-state index is 0.0669. The number of esters is 1. The summed E-state index contributed by atoms with van der Waals surface area (Å²) in [5, 5.41) is 6.58. The molecule has 3 aromatic rings. The number of halogens is 4. The summed E-state index contributed by atoms with van der Waals surface area (Å²) in [6.07, 6.45) is 0. The third-order valence-corrected chi connectivity index (χ3v) is 5.56. The van der Waals surface area contributed by atoms with Gasteiger partial charge in [-0.15, -0.1) is 0 Å². The molecule has 1 unspecified atom stereocenters. The summed E-state index contributed by atoms with van der Waals surface area (Å²) >= 11 is 23.9. The highest BCUT2D eigenvalue weighted by atomic mass is 35.5. The molecule has 1 aromatic heterocycles. The molecule has 0 spiro atoms. The van der Waals surface area contributed by atoms with E-state index in [0.29, 0.717) is 16.1 Å². The number of methoxy groups -OCH3 is 1. The lowest BCUT2D eigenvalue weighted by atomic mass is 9.98. The maximum absolute atomic E-state index is 12.9. The third kappa shape index (κ3) is 4.81. The van der Waals surface area contributed by atoms with Crippen LogP contribution in [0.1, 0.15) is 11.6 Å². The van der Waals surface area contributed by atoms with Crippen LogP contribution in [0.3, 0.4) is 0 Å². The number of H-pyrrole nitrogens is 1. The maximum atomic E-state index is 12.9. The zero-order valence-electron chi connectivity index (χ0n) is 16.1. The van der Waals surface area contributed by atoms with E-state index < -0.39 is 29.1 Å². The van der Waals surface area contributed by atoms with Crippen LogP contribution >= 0.6 is 46.4 Å². The van der Waals surface area contributed by atoms with Crippen LogP contribution in [-0.2, 0) is 14.3 Å². The number of carbonyl (C=O) groups excluding carboxylic acids is 2. The van der Waals surface area contributed by atoms with Gasteiger partial charge in [0.15, 0.2) is 5.92 Å². The van der Waals surface area contributed by atoms with Crippen LogP contribution in [0.25, 0.3) is 11.0 Å². The molecule has 0 saturated heterocycles. The minimum Gasteiger partial charge on any atom is -0.468 e. The number of ether oxygens (including phenoxy) is 1. The fourth-order valence-corrected chi connectivity index (χ4v) is 3.57. The monoisotopic (exact) mass is 515 g/mol. The molecule has 1 atom stereocenters. The topological polar surface area (TPSA) is 140 Å². The molecule has 0 aliphatic rings. The summed E-state index contributed by atoms with van der Waals surface area (Å²) in [5.41, 5.74) is -0.963. The summed E-state index contributed by atoms with van der Waals surface area (Å²) in [6.45, 7) is 0. The minimum atomic E-state index is -1.64. The first kappa shape index (κ1) is 23.8. The van der Waals surface area contributed by atoms with Gasteiger partial charge in [-0.05, 0) is 30.3 Å². The Kier molecular flexibility index (Phi) is 7.25. The lowest BCUT2D eigenvalue weighted by Crippen LogP contribution is -2.38. The molecule has 9 nitrogen and oxygen atoms in total. The quantitative estimate of drug-likeness (QED) is 0.155. The summed E-state index contributed by atoms with van der Waals surface area (Å²) < 4.78 is 4.76. The molecule has 2 aromatic carbocycles. The number of rotatable bonds is 5. The highest BCUT2D eigenvalue weighted by Crippen LogP contribution is 2.32. The van der Waals surface area contributed by atoms with Crippen molar-refractivity contribution in [3.63, 3.8) is 0 Å². The van der Waals surface area contributed by atoms with Gasteiger partial charge in [0.2, 0.25) is 0 Å². The number of carbonyl (C=O) groups is 2. The molecule has 166 valence electrons. The highest BCUT2D eigenvalue weighted by Gasteiger charge is 2.36. The number of aromatic amines is 1. The fourth-order valence-electron chi connectivity index (χ4n) is 2.81. The number of amides is 1. The molecule has 0 fully saturated rings. The van der Waals surface area contributed by atoms with Gasteiger partial charge in [-0.3, -0.25) is 14.4 Å². The van der Waals surface area contributed by atoms with E-state index in [1.54, 1.807) is 6.07 Å². The van der Waals surface area contributed by atoms with Crippen LogP contribution in [0.5, 0.6) is 0 Å². The molecular formula is C19H13Cl4N5O4. The zero-order valence-corrected chi connectivity index (χ0v) is 19.1. The van der Waals surface area contributed by atoms with Crippen molar-refractivity contribution in [2.75, 3.05) is 12.4 Å². The Bertz CT molecular complexity index is 1330. The van der Waals surface area contributed by atoms with E-state index in [1.165, 1.54) is 24.3 Å². The molecule has 0 bridgehead atoms. The first-order valence-corrected chi connectivity index (χ1v) is 10.2. The predicted molar refractivity (Wildman–Crippen MR) is 124 cm³/mol. The molecule has 13 heteroatoms. The van der Waals surface area contributed by atoms with Crippen molar-refractivity contribution in [2.24, 2.45) is 10.9 Å². The number of fused-ring (bicyclic) bond motifs is 1. The average molecular weight is 517 g/mol. The summed E-state index contributed by atoms with van der Waals surface area (Å²) in [4.78, 5) is 44.9. The van der Waals surface area contributed by atoms with Crippen LogP contribution in [0, 0.1) is 0 Å². The SMILES string of the molecule is COC(=O)C(/C(=N/N)C(=O)Nc1cc(Cl)c(Cl)cc1Cl)c1nc2ccc(Cl)cc2[nH]c1=O. The van der Waals surface area contributed by atoms with Gasteiger partial charge in [-0.2, -0.15) is 5.10 Å². The first-order valence-electron chi connectivity index (χ1n) is 8.67. The van der Waals surface area contributed by atoms with Gasteiger partial charge in [0, 0.05) is 5.02 Å². The fraction of sp³-hybridized carbons (Fsp3) is 0.105. The van der Waals surface area contributed by atoms with Crippen molar-refractivity contribution in [3.05, 3.63) is 66.5 Å². The standard InChI is InChI=1S/C19H13Cl4N5O4/c1-32-19(31)14(15-17(29)27-13-4-7(20)2-3-11(13)25-15)16(28-24)18(30)26-12-6-9(22)8(21)5-10(12)23/h2-6,14H,24H2,1H3,(H,26,30)(H,27,29)/b28-16-. The van der Waals surface area contributed by atoms with Crippen LogP contribution in [0.4, 0.5) is 5.69 Å². The number of hydrazone groups is 1. The second-order valence-corrected chi connectivity index (χ2v) is 7.94. The van der Waals surface area contributed by atoms with Gasteiger partial charge in [0.1, 0.15) is 11.4 Å². The molecule has 1 heterocycles. The number of aromatic nitrogens is 2. The molecule has 0 saturated carbocycles. The Balaban J connectivity index is 2.07. The number of hydrogen-bond donors (Lipinski definition) is 3. The smallest absolute Gasteiger partial charge is 0.321 e. The van der Waals surface area contributed by atoms with E-state index in [0.717, 1.165) is 7.11 Å². The summed E-state index contributed by atoms with van der Waals surface area (Å²) in [6, 6.07) is 7.18. The van der Waals surface area contributed by atoms with Crippen LogP contribution in [-0.4, -0.2) is 34.7 Å². The number of hydrogen-bond acceptors (Lipinski definition) is 7. The van der Waals surface area contributed by atoms with Crippen molar-refractivity contribution in [1.82, 2.24) is 9.97 Å². The lowest BCUT2D eigenvalue weighted by Gasteiger charge is -2.16. The zero-order chi connectivity index (χ0) is 23.6. The Morgan fingerprint density at radius 3 is 2.47 bits per heavy atom. The van der Waals surface area contributed by atoms with Crippen LogP contribution in [0.15, 0.2) is 40.2 Å². The van der Waals surface area contributed by atoms with E-state index in [-0.39, 0.29) is 26.4 Å². The maximum Gasteiger partial charge on any atom is 0.321 e. The second-order valence-electron chi connectivity index (χ2n) is 6.28. The van der Waals surface area contributed by atoms with Gasteiger partial charge in [-0.25, -0.2) is 4.98 Å². The molecule has 4 N–H and O–H groups in total.